The average Bonchev–Trinajstić information content (AvgIpc) is 2.62. The maximum atomic E-state index is 2.59. The van der Waals surface area contributed by atoms with Crippen molar-refractivity contribution in [3.05, 3.63) is 71.8 Å². The van der Waals surface area contributed by atoms with E-state index >= 15 is 0 Å². The van der Waals surface area contributed by atoms with E-state index in [1.54, 1.807) is 0 Å². The van der Waals surface area contributed by atoms with Gasteiger partial charge in [0.05, 0.1) is 0 Å². The van der Waals surface area contributed by atoms with Gasteiger partial charge in [-0.05, 0) is 69.2 Å². The van der Waals surface area contributed by atoms with Gasteiger partial charge in [-0.15, -0.1) is 0 Å². The zero-order chi connectivity index (χ0) is 15.9. The maximum Gasteiger partial charge on any atom is 0.00980 e. The summed E-state index contributed by atoms with van der Waals surface area (Å²) in [5.41, 5.74) is 2.97. The first-order valence-electron chi connectivity index (χ1n) is 9.09. The van der Waals surface area contributed by atoms with Gasteiger partial charge < -0.3 is 4.90 Å². The summed E-state index contributed by atoms with van der Waals surface area (Å²) >= 11 is 0. The van der Waals surface area contributed by atoms with Gasteiger partial charge >= 0.3 is 0 Å². The molecule has 1 heteroatoms. The molecule has 23 heavy (non-hydrogen) atoms. The first kappa shape index (κ1) is 16.3. The largest absolute Gasteiger partial charge is 0.303 e. The van der Waals surface area contributed by atoms with E-state index in [0.717, 1.165) is 12.0 Å². The van der Waals surface area contributed by atoms with Crippen molar-refractivity contribution in [3.63, 3.8) is 0 Å². The van der Waals surface area contributed by atoms with Crippen molar-refractivity contribution in [2.45, 2.75) is 44.6 Å². The number of benzene rings is 2. The van der Waals surface area contributed by atoms with Crippen LogP contribution in [0.2, 0.25) is 0 Å². The molecular weight excluding hydrogens is 278 g/mol. The summed E-state index contributed by atoms with van der Waals surface area (Å²) in [4.78, 5) is 2.59. The molecule has 2 aromatic rings. The summed E-state index contributed by atoms with van der Waals surface area (Å²) in [5.74, 6) is 0.896. The second-order valence-corrected chi connectivity index (χ2v) is 7.07. The molecule has 2 atom stereocenters. The highest BCUT2D eigenvalue weighted by Crippen LogP contribution is 2.28. The van der Waals surface area contributed by atoms with Crippen LogP contribution in [0.25, 0.3) is 0 Å². The molecule has 2 unspecified atom stereocenters. The molecule has 1 aliphatic rings. The van der Waals surface area contributed by atoms with Crippen LogP contribution in [0.4, 0.5) is 0 Å². The summed E-state index contributed by atoms with van der Waals surface area (Å²) in [7, 11) is 2.31. The van der Waals surface area contributed by atoms with Crippen molar-refractivity contribution in [3.8, 4) is 0 Å². The maximum absolute atomic E-state index is 2.59. The van der Waals surface area contributed by atoms with Gasteiger partial charge in [-0.3, -0.25) is 0 Å². The molecule has 1 fully saturated rings. The van der Waals surface area contributed by atoms with Crippen LogP contribution in [0.5, 0.6) is 0 Å². The summed E-state index contributed by atoms with van der Waals surface area (Å²) < 4.78 is 0. The lowest BCUT2D eigenvalue weighted by Crippen LogP contribution is -2.40. The van der Waals surface area contributed by atoms with Crippen molar-refractivity contribution < 1.29 is 0 Å². The monoisotopic (exact) mass is 307 g/mol. The molecule has 0 bridgehead atoms. The molecule has 122 valence electrons. The van der Waals surface area contributed by atoms with Gasteiger partial charge in [-0.25, -0.2) is 0 Å². The Bertz CT molecular complexity index is 563. The van der Waals surface area contributed by atoms with Crippen LogP contribution in [0, 0.1) is 5.92 Å². The van der Waals surface area contributed by atoms with Crippen LogP contribution in [-0.2, 0) is 12.8 Å². The van der Waals surface area contributed by atoms with Crippen molar-refractivity contribution in [1.82, 2.24) is 4.90 Å². The number of hydrogen-bond acceptors (Lipinski definition) is 1. The van der Waals surface area contributed by atoms with Gasteiger partial charge in [-0.1, -0.05) is 60.7 Å². The minimum absolute atomic E-state index is 0.754. The Balaban J connectivity index is 1.48. The fourth-order valence-corrected chi connectivity index (χ4v) is 3.85. The smallest absolute Gasteiger partial charge is 0.00980 e. The van der Waals surface area contributed by atoms with Crippen molar-refractivity contribution in [1.29, 1.82) is 0 Å². The lowest BCUT2D eigenvalue weighted by atomic mass is 9.84. The van der Waals surface area contributed by atoms with Crippen LogP contribution >= 0.6 is 0 Å². The van der Waals surface area contributed by atoms with E-state index in [4.69, 9.17) is 0 Å². The highest BCUT2D eigenvalue weighted by Gasteiger charge is 2.25. The van der Waals surface area contributed by atoms with E-state index in [-0.39, 0.29) is 0 Å². The van der Waals surface area contributed by atoms with Crippen LogP contribution in [0.15, 0.2) is 60.7 Å². The first-order chi connectivity index (χ1) is 11.3. The Morgan fingerprint density at radius 2 is 1.39 bits per heavy atom. The van der Waals surface area contributed by atoms with E-state index in [1.807, 2.05) is 0 Å². The van der Waals surface area contributed by atoms with Crippen LogP contribution < -0.4 is 0 Å². The summed E-state index contributed by atoms with van der Waals surface area (Å²) in [6.45, 7) is 1.26. The fraction of sp³-hybridized carbons (Fsp3) is 0.455. The molecule has 1 heterocycles. The third-order valence-corrected chi connectivity index (χ3v) is 5.41. The van der Waals surface area contributed by atoms with Crippen molar-refractivity contribution >= 4 is 0 Å². The molecule has 3 rings (SSSR count). The van der Waals surface area contributed by atoms with Gasteiger partial charge in [0.25, 0.3) is 0 Å². The van der Waals surface area contributed by atoms with Crippen LogP contribution in [0.3, 0.4) is 0 Å². The van der Waals surface area contributed by atoms with Gasteiger partial charge in [0.1, 0.15) is 0 Å². The quantitative estimate of drug-likeness (QED) is 0.729. The molecule has 0 aromatic heterocycles. The SMILES string of the molecule is CN1CCC(CCc2ccccc2)CC1CCc1ccccc1. The molecular formula is C22H29N. The molecule has 1 aliphatic heterocycles. The van der Waals surface area contributed by atoms with Crippen LogP contribution in [-0.4, -0.2) is 24.5 Å². The lowest BCUT2D eigenvalue weighted by molar-refractivity contribution is 0.130. The predicted molar refractivity (Wildman–Crippen MR) is 98.7 cm³/mol. The third-order valence-electron chi connectivity index (χ3n) is 5.41. The average molecular weight is 307 g/mol. The van der Waals surface area contributed by atoms with Gasteiger partial charge in [0.15, 0.2) is 0 Å². The zero-order valence-electron chi connectivity index (χ0n) is 14.3. The molecule has 0 radical (unpaired) electrons. The molecule has 0 spiro atoms. The standard InChI is InChI=1S/C22H29N/c1-23-17-16-21(13-12-19-8-4-2-5-9-19)18-22(23)15-14-20-10-6-3-7-11-20/h2-11,21-22H,12-18H2,1H3. The normalized spacial score (nSPS) is 22.1. The molecule has 0 N–H and O–H groups in total. The Labute approximate surface area is 141 Å². The minimum atomic E-state index is 0.754. The van der Waals surface area contributed by atoms with E-state index < -0.39 is 0 Å². The molecule has 0 aliphatic carbocycles. The Hall–Kier alpha value is -1.60. The second kappa shape index (κ2) is 8.31. The molecule has 1 nitrogen and oxygen atoms in total. The highest BCUT2D eigenvalue weighted by molar-refractivity contribution is 5.15. The Morgan fingerprint density at radius 3 is 2.00 bits per heavy atom. The van der Waals surface area contributed by atoms with E-state index in [0.29, 0.717) is 0 Å². The highest BCUT2D eigenvalue weighted by atomic mass is 15.1. The van der Waals surface area contributed by atoms with Gasteiger partial charge in [-0.2, -0.15) is 0 Å². The number of nitrogens with zero attached hydrogens (tertiary/aromatic N) is 1. The predicted octanol–water partition coefficient (Wildman–Crippen LogP) is 4.96. The molecule has 1 saturated heterocycles. The zero-order valence-corrected chi connectivity index (χ0v) is 14.3. The number of likely N-dealkylation sites (tertiary alicyclic amines) is 1. The summed E-state index contributed by atoms with van der Waals surface area (Å²) in [6.07, 6.45) is 7.82. The Morgan fingerprint density at radius 1 is 0.826 bits per heavy atom. The van der Waals surface area contributed by atoms with Gasteiger partial charge in [0.2, 0.25) is 0 Å². The number of piperidine rings is 1. The third kappa shape index (κ3) is 4.94. The second-order valence-electron chi connectivity index (χ2n) is 7.07. The lowest BCUT2D eigenvalue weighted by Gasteiger charge is -2.37. The van der Waals surface area contributed by atoms with Gasteiger partial charge in [0, 0.05) is 6.04 Å². The number of aryl methyl sites for hydroxylation is 2. The Kier molecular flexibility index (Phi) is 5.87. The molecule has 0 saturated carbocycles. The van der Waals surface area contributed by atoms with Crippen LogP contribution in [0.1, 0.15) is 36.8 Å². The minimum Gasteiger partial charge on any atom is -0.303 e. The fourth-order valence-electron chi connectivity index (χ4n) is 3.85. The molecule has 0 amide bonds. The van der Waals surface area contributed by atoms with E-state index in [1.165, 1.54) is 56.2 Å². The summed E-state index contributed by atoms with van der Waals surface area (Å²) in [6, 6.07) is 22.7. The van der Waals surface area contributed by atoms with Crippen molar-refractivity contribution in [2.75, 3.05) is 13.6 Å². The van der Waals surface area contributed by atoms with E-state index in [2.05, 4.69) is 72.6 Å². The van der Waals surface area contributed by atoms with E-state index in [9.17, 15) is 0 Å². The first-order valence-corrected chi connectivity index (χ1v) is 9.09. The number of rotatable bonds is 6. The molecule has 2 aromatic carbocycles. The summed E-state index contributed by atoms with van der Waals surface area (Å²) in [5, 5.41) is 0. The topological polar surface area (TPSA) is 3.24 Å². The van der Waals surface area contributed by atoms with Crippen molar-refractivity contribution in [2.24, 2.45) is 5.92 Å². The number of hydrogen-bond donors (Lipinski definition) is 0.